The molecule has 0 aliphatic carbocycles. The third-order valence-corrected chi connectivity index (χ3v) is 3.06. The van der Waals surface area contributed by atoms with Crippen LogP contribution < -0.4 is 4.90 Å². The number of aromatic amines is 1. The van der Waals surface area contributed by atoms with Crippen LogP contribution in [0.15, 0.2) is 24.3 Å². The van der Waals surface area contributed by atoms with Gasteiger partial charge >= 0.3 is 0 Å². The van der Waals surface area contributed by atoms with E-state index in [0.717, 1.165) is 22.8 Å². The Bertz CT molecular complexity index is 588. The van der Waals surface area contributed by atoms with Crippen molar-refractivity contribution in [1.82, 2.24) is 9.97 Å². The van der Waals surface area contributed by atoms with Crippen molar-refractivity contribution in [3.8, 4) is 17.3 Å². The lowest BCUT2D eigenvalue weighted by atomic mass is 10.1. The predicted octanol–water partition coefficient (Wildman–Crippen LogP) is 2.91. The molecule has 0 saturated heterocycles. The van der Waals surface area contributed by atoms with E-state index in [2.05, 4.69) is 45.2 Å². The van der Waals surface area contributed by atoms with Crippen LogP contribution in [0.25, 0.3) is 11.3 Å². The molecule has 1 heterocycles. The monoisotopic (exact) mass is 254 g/mol. The van der Waals surface area contributed by atoms with E-state index in [1.54, 1.807) is 0 Å². The number of hydrogen-bond acceptors (Lipinski definition) is 3. The highest BCUT2D eigenvalue weighted by Crippen LogP contribution is 2.24. The number of nitriles is 1. The number of anilines is 1. The number of aromatic nitrogens is 2. The van der Waals surface area contributed by atoms with Crippen LogP contribution in [0.4, 0.5) is 5.69 Å². The van der Waals surface area contributed by atoms with Crippen molar-refractivity contribution < 1.29 is 0 Å². The zero-order valence-electron chi connectivity index (χ0n) is 11.6. The number of benzene rings is 1. The third kappa shape index (κ3) is 2.94. The molecule has 0 atom stereocenters. The zero-order valence-corrected chi connectivity index (χ0v) is 11.6. The molecule has 0 aliphatic heterocycles. The average Bonchev–Trinajstić information content (AvgIpc) is 2.77. The number of H-pyrrole nitrogens is 1. The first kappa shape index (κ1) is 13.2. The summed E-state index contributed by atoms with van der Waals surface area (Å²) in [5.74, 6) is 0.880. The third-order valence-electron chi connectivity index (χ3n) is 3.06. The Labute approximate surface area is 113 Å². The highest BCUT2D eigenvalue weighted by atomic mass is 15.1. The van der Waals surface area contributed by atoms with Crippen LogP contribution in [0, 0.1) is 18.3 Å². The van der Waals surface area contributed by atoms with Gasteiger partial charge in [0.1, 0.15) is 5.82 Å². The van der Waals surface area contributed by atoms with Gasteiger partial charge in [-0.25, -0.2) is 4.98 Å². The van der Waals surface area contributed by atoms with E-state index in [0.29, 0.717) is 12.8 Å². The summed E-state index contributed by atoms with van der Waals surface area (Å²) < 4.78 is 0. The number of nitrogens with zero attached hydrogens (tertiary/aromatic N) is 3. The summed E-state index contributed by atoms with van der Waals surface area (Å²) in [6.45, 7) is 2.01. The van der Waals surface area contributed by atoms with Gasteiger partial charge in [0.15, 0.2) is 0 Å². The summed E-state index contributed by atoms with van der Waals surface area (Å²) >= 11 is 0. The molecule has 4 nitrogen and oxygen atoms in total. The minimum Gasteiger partial charge on any atom is -0.378 e. The topological polar surface area (TPSA) is 55.7 Å². The first-order chi connectivity index (χ1) is 9.11. The van der Waals surface area contributed by atoms with Crippen LogP contribution in [-0.4, -0.2) is 24.1 Å². The first-order valence-electron chi connectivity index (χ1n) is 6.32. The van der Waals surface area contributed by atoms with Crippen LogP contribution in [0.5, 0.6) is 0 Å². The van der Waals surface area contributed by atoms with Crippen LogP contribution in [0.3, 0.4) is 0 Å². The van der Waals surface area contributed by atoms with Crippen LogP contribution in [0.1, 0.15) is 17.9 Å². The number of imidazole rings is 1. The summed E-state index contributed by atoms with van der Waals surface area (Å²) in [6, 6.07) is 10.5. The van der Waals surface area contributed by atoms with Gasteiger partial charge in [0.2, 0.25) is 0 Å². The zero-order chi connectivity index (χ0) is 13.8. The van der Waals surface area contributed by atoms with E-state index < -0.39 is 0 Å². The molecule has 0 fully saturated rings. The van der Waals surface area contributed by atoms with Crippen molar-refractivity contribution in [2.45, 2.75) is 19.8 Å². The van der Waals surface area contributed by atoms with Crippen LogP contribution >= 0.6 is 0 Å². The smallest absolute Gasteiger partial charge is 0.108 e. The number of rotatable bonds is 4. The lowest BCUT2D eigenvalue weighted by Gasteiger charge is -2.12. The van der Waals surface area contributed by atoms with Crippen LogP contribution in [0.2, 0.25) is 0 Å². The first-order valence-corrected chi connectivity index (χ1v) is 6.32. The van der Waals surface area contributed by atoms with Crippen molar-refractivity contribution in [3.05, 3.63) is 35.8 Å². The van der Waals surface area contributed by atoms with Gasteiger partial charge in [0.05, 0.1) is 11.8 Å². The Morgan fingerprint density at radius 2 is 1.95 bits per heavy atom. The van der Waals surface area contributed by atoms with E-state index in [4.69, 9.17) is 5.26 Å². The lowest BCUT2D eigenvalue weighted by Crippen LogP contribution is -2.07. The van der Waals surface area contributed by atoms with E-state index >= 15 is 0 Å². The maximum absolute atomic E-state index is 8.61. The second-order valence-electron chi connectivity index (χ2n) is 4.76. The Hall–Kier alpha value is -2.28. The molecule has 0 aliphatic rings. The van der Waals surface area contributed by atoms with Gasteiger partial charge in [-0.3, -0.25) is 0 Å². The largest absolute Gasteiger partial charge is 0.378 e. The normalized spacial score (nSPS) is 10.2. The van der Waals surface area contributed by atoms with Gasteiger partial charge in [-0.1, -0.05) is 12.1 Å². The maximum Gasteiger partial charge on any atom is 0.108 e. The lowest BCUT2D eigenvalue weighted by molar-refractivity contribution is 0.913. The van der Waals surface area contributed by atoms with E-state index in [-0.39, 0.29) is 0 Å². The van der Waals surface area contributed by atoms with Gasteiger partial charge < -0.3 is 9.88 Å². The van der Waals surface area contributed by atoms with Gasteiger partial charge in [-0.05, 0) is 19.1 Å². The standard InChI is InChI=1S/C15H18N4/c1-11-15(18-14(17-11)5-4-10-16)12-6-8-13(9-7-12)19(2)3/h6-9H,4-5H2,1-3H3,(H,17,18). The van der Waals surface area contributed by atoms with Gasteiger partial charge in [-0.2, -0.15) is 5.26 Å². The fraction of sp³-hybridized carbons (Fsp3) is 0.333. The fourth-order valence-corrected chi connectivity index (χ4v) is 2.01. The fourth-order valence-electron chi connectivity index (χ4n) is 2.01. The summed E-state index contributed by atoms with van der Waals surface area (Å²) in [7, 11) is 4.05. The molecule has 0 saturated carbocycles. The molecular formula is C15H18N4. The van der Waals surface area contributed by atoms with Crippen LogP contribution in [-0.2, 0) is 6.42 Å². The Kier molecular flexibility index (Phi) is 3.86. The Morgan fingerprint density at radius 3 is 2.53 bits per heavy atom. The highest BCUT2D eigenvalue weighted by Gasteiger charge is 2.09. The van der Waals surface area contributed by atoms with E-state index in [1.165, 1.54) is 5.69 Å². The molecule has 0 unspecified atom stereocenters. The number of nitrogens with one attached hydrogen (secondary N) is 1. The van der Waals surface area contributed by atoms with E-state index in [9.17, 15) is 0 Å². The molecule has 19 heavy (non-hydrogen) atoms. The predicted molar refractivity (Wildman–Crippen MR) is 77.0 cm³/mol. The summed E-state index contributed by atoms with van der Waals surface area (Å²) in [6.07, 6.45) is 1.17. The Morgan fingerprint density at radius 1 is 1.26 bits per heavy atom. The highest BCUT2D eigenvalue weighted by molar-refractivity contribution is 5.65. The van der Waals surface area contributed by atoms with Gasteiger partial charge in [0.25, 0.3) is 0 Å². The van der Waals surface area contributed by atoms with Crippen molar-refractivity contribution in [1.29, 1.82) is 5.26 Å². The number of hydrogen-bond donors (Lipinski definition) is 1. The minimum absolute atomic E-state index is 0.492. The summed E-state index contributed by atoms with van der Waals surface area (Å²) in [4.78, 5) is 9.88. The van der Waals surface area contributed by atoms with E-state index in [1.807, 2.05) is 21.0 Å². The molecule has 2 aromatic rings. The molecule has 1 aromatic heterocycles. The molecule has 0 spiro atoms. The molecule has 1 aromatic carbocycles. The number of aryl methyl sites for hydroxylation is 2. The van der Waals surface area contributed by atoms with Crippen molar-refractivity contribution >= 4 is 5.69 Å². The van der Waals surface area contributed by atoms with Gasteiger partial charge in [0, 0.05) is 43.9 Å². The van der Waals surface area contributed by atoms with Crippen molar-refractivity contribution in [2.75, 3.05) is 19.0 Å². The summed E-state index contributed by atoms with van der Waals surface area (Å²) in [5, 5.41) is 8.61. The average molecular weight is 254 g/mol. The molecule has 98 valence electrons. The second-order valence-corrected chi connectivity index (χ2v) is 4.76. The second kappa shape index (κ2) is 5.57. The Balaban J connectivity index is 2.26. The molecule has 0 bridgehead atoms. The minimum atomic E-state index is 0.492. The quantitative estimate of drug-likeness (QED) is 0.912. The maximum atomic E-state index is 8.61. The van der Waals surface area contributed by atoms with Gasteiger partial charge in [-0.15, -0.1) is 0 Å². The molecule has 1 N–H and O–H groups in total. The molecule has 4 heteroatoms. The molecular weight excluding hydrogens is 236 g/mol. The molecule has 2 rings (SSSR count). The van der Waals surface area contributed by atoms with Crippen molar-refractivity contribution in [3.63, 3.8) is 0 Å². The summed E-state index contributed by atoms with van der Waals surface area (Å²) in [5.41, 5.74) is 4.29. The molecule has 0 amide bonds. The SMILES string of the molecule is Cc1[nH]c(CCC#N)nc1-c1ccc(N(C)C)cc1. The van der Waals surface area contributed by atoms with Crippen molar-refractivity contribution in [2.24, 2.45) is 0 Å². The molecule has 0 radical (unpaired) electrons.